The molecule has 0 bridgehead atoms. The van der Waals surface area contributed by atoms with E-state index in [2.05, 4.69) is 20.9 Å². The molecule has 2 aromatic rings. The fraction of sp³-hybridized carbons (Fsp3) is 0.214. The van der Waals surface area contributed by atoms with E-state index in [9.17, 15) is 14.0 Å². The standard InChI is InChI=1S/C14H15FN4O2S/c1-3-16-12(20)11-8(2)17-14(22-11)19-13(21)18-10-6-4-9(15)5-7-10/h4-7H,3H2,1-2H3,(H,16,20)(H2,17,18,19,21). The highest BCUT2D eigenvalue weighted by Crippen LogP contribution is 2.22. The number of hydrogen-bond acceptors (Lipinski definition) is 4. The third-order valence-corrected chi connectivity index (χ3v) is 3.73. The minimum atomic E-state index is -0.511. The fourth-order valence-electron chi connectivity index (χ4n) is 1.69. The van der Waals surface area contributed by atoms with Crippen molar-refractivity contribution in [3.05, 3.63) is 40.7 Å². The summed E-state index contributed by atoms with van der Waals surface area (Å²) in [6.45, 7) is 4.04. The number of carbonyl (C=O) groups is 2. The highest BCUT2D eigenvalue weighted by atomic mass is 32.1. The summed E-state index contributed by atoms with van der Waals surface area (Å²) in [4.78, 5) is 28.2. The number of amides is 3. The van der Waals surface area contributed by atoms with Crippen LogP contribution >= 0.6 is 11.3 Å². The van der Waals surface area contributed by atoms with Gasteiger partial charge in [0.15, 0.2) is 5.13 Å². The average molecular weight is 322 g/mol. The van der Waals surface area contributed by atoms with Crippen molar-refractivity contribution in [1.29, 1.82) is 0 Å². The van der Waals surface area contributed by atoms with E-state index in [4.69, 9.17) is 0 Å². The number of anilines is 2. The van der Waals surface area contributed by atoms with E-state index in [0.29, 0.717) is 27.9 Å². The van der Waals surface area contributed by atoms with E-state index in [0.717, 1.165) is 11.3 Å². The Kier molecular flexibility index (Phi) is 5.05. The molecule has 0 saturated heterocycles. The van der Waals surface area contributed by atoms with Gasteiger partial charge in [0, 0.05) is 12.2 Å². The zero-order chi connectivity index (χ0) is 16.1. The van der Waals surface area contributed by atoms with Crippen molar-refractivity contribution < 1.29 is 14.0 Å². The average Bonchev–Trinajstić information content (AvgIpc) is 2.82. The molecule has 22 heavy (non-hydrogen) atoms. The van der Waals surface area contributed by atoms with Crippen molar-refractivity contribution in [3.63, 3.8) is 0 Å². The Bertz CT molecular complexity index is 685. The molecule has 1 aromatic heterocycles. The van der Waals surface area contributed by atoms with Crippen LogP contribution in [0.25, 0.3) is 0 Å². The number of thiazole rings is 1. The van der Waals surface area contributed by atoms with Crippen LogP contribution in [0.3, 0.4) is 0 Å². The predicted octanol–water partition coefficient (Wildman–Crippen LogP) is 2.98. The molecule has 0 radical (unpaired) electrons. The van der Waals surface area contributed by atoms with Gasteiger partial charge in [-0.1, -0.05) is 11.3 Å². The van der Waals surface area contributed by atoms with Crippen LogP contribution in [0.5, 0.6) is 0 Å². The molecule has 116 valence electrons. The second-order valence-electron chi connectivity index (χ2n) is 4.38. The van der Waals surface area contributed by atoms with E-state index >= 15 is 0 Å². The van der Waals surface area contributed by atoms with Gasteiger partial charge in [0.1, 0.15) is 10.7 Å². The topological polar surface area (TPSA) is 83.1 Å². The molecule has 6 nitrogen and oxygen atoms in total. The van der Waals surface area contributed by atoms with E-state index in [-0.39, 0.29) is 11.7 Å². The molecular weight excluding hydrogens is 307 g/mol. The summed E-state index contributed by atoms with van der Waals surface area (Å²) in [7, 11) is 0. The highest BCUT2D eigenvalue weighted by molar-refractivity contribution is 7.17. The molecule has 2 rings (SSSR count). The summed E-state index contributed by atoms with van der Waals surface area (Å²) >= 11 is 1.09. The summed E-state index contributed by atoms with van der Waals surface area (Å²) in [5.74, 6) is -0.599. The number of rotatable bonds is 4. The highest BCUT2D eigenvalue weighted by Gasteiger charge is 2.15. The Labute approximate surface area is 130 Å². The Morgan fingerprint density at radius 2 is 1.91 bits per heavy atom. The summed E-state index contributed by atoms with van der Waals surface area (Å²) in [6, 6.07) is 4.87. The normalized spacial score (nSPS) is 10.1. The lowest BCUT2D eigenvalue weighted by Gasteiger charge is -2.04. The van der Waals surface area contributed by atoms with E-state index in [1.165, 1.54) is 24.3 Å². The number of hydrogen-bond donors (Lipinski definition) is 3. The van der Waals surface area contributed by atoms with Gasteiger partial charge in [-0.2, -0.15) is 0 Å². The lowest BCUT2D eigenvalue weighted by atomic mass is 10.3. The number of nitrogens with one attached hydrogen (secondary N) is 3. The van der Waals surface area contributed by atoms with Crippen LogP contribution < -0.4 is 16.0 Å². The SMILES string of the molecule is CCNC(=O)c1sc(NC(=O)Nc2ccc(F)cc2)nc1C. The third-order valence-electron chi connectivity index (χ3n) is 2.66. The first-order chi connectivity index (χ1) is 10.5. The molecule has 0 spiro atoms. The number of nitrogens with zero attached hydrogens (tertiary/aromatic N) is 1. The number of carbonyl (C=O) groups excluding carboxylic acids is 2. The van der Waals surface area contributed by atoms with Crippen LogP contribution in [-0.2, 0) is 0 Å². The molecule has 3 N–H and O–H groups in total. The Hall–Kier alpha value is -2.48. The van der Waals surface area contributed by atoms with Crippen LogP contribution in [0.1, 0.15) is 22.3 Å². The number of urea groups is 1. The van der Waals surface area contributed by atoms with Crippen LogP contribution in [0.15, 0.2) is 24.3 Å². The summed E-state index contributed by atoms with van der Waals surface area (Å²) in [6.07, 6.45) is 0. The molecule has 8 heteroatoms. The molecule has 1 heterocycles. The maximum atomic E-state index is 12.8. The maximum Gasteiger partial charge on any atom is 0.325 e. The summed E-state index contributed by atoms with van der Waals surface area (Å²) < 4.78 is 12.8. The quantitative estimate of drug-likeness (QED) is 0.809. The van der Waals surface area contributed by atoms with E-state index in [1.807, 2.05) is 6.92 Å². The van der Waals surface area contributed by atoms with Gasteiger partial charge in [-0.05, 0) is 38.1 Å². The largest absolute Gasteiger partial charge is 0.352 e. The number of benzene rings is 1. The van der Waals surface area contributed by atoms with Crippen molar-refractivity contribution in [2.24, 2.45) is 0 Å². The monoisotopic (exact) mass is 322 g/mol. The summed E-state index contributed by atoms with van der Waals surface area (Å²) in [5, 5.41) is 8.10. The van der Waals surface area contributed by atoms with Crippen molar-refractivity contribution >= 4 is 34.1 Å². The van der Waals surface area contributed by atoms with Crippen molar-refractivity contribution in [2.75, 3.05) is 17.2 Å². The fourth-order valence-corrected chi connectivity index (χ4v) is 2.57. The van der Waals surface area contributed by atoms with Gasteiger partial charge >= 0.3 is 6.03 Å². The minimum absolute atomic E-state index is 0.218. The van der Waals surface area contributed by atoms with Gasteiger partial charge in [0.25, 0.3) is 5.91 Å². The Morgan fingerprint density at radius 3 is 2.55 bits per heavy atom. The Balaban J connectivity index is 2.01. The molecular formula is C14H15FN4O2S. The first-order valence-electron chi connectivity index (χ1n) is 6.58. The first kappa shape index (κ1) is 15.9. The summed E-state index contributed by atoms with van der Waals surface area (Å²) in [5.41, 5.74) is 1.00. The molecule has 0 aliphatic rings. The van der Waals surface area contributed by atoms with Gasteiger partial charge < -0.3 is 10.6 Å². The number of aromatic nitrogens is 1. The van der Waals surface area contributed by atoms with E-state index in [1.54, 1.807) is 6.92 Å². The van der Waals surface area contributed by atoms with Gasteiger partial charge in [0.05, 0.1) is 5.69 Å². The molecule has 0 aliphatic carbocycles. The van der Waals surface area contributed by atoms with Gasteiger partial charge in [-0.25, -0.2) is 14.2 Å². The molecule has 0 unspecified atom stereocenters. The smallest absolute Gasteiger partial charge is 0.325 e. The maximum absolute atomic E-state index is 12.8. The molecule has 1 aromatic carbocycles. The number of aryl methyl sites for hydroxylation is 1. The van der Waals surface area contributed by atoms with Crippen LogP contribution in [-0.4, -0.2) is 23.5 Å². The molecule has 0 aliphatic heterocycles. The number of halogens is 1. The molecule has 0 saturated carbocycles. The van der Waals surface area contributed by atoms with Gasteiger partial charge in [-0.3, -0.25) is 10.1 Å². The second kappa shape index (κ2) is 6.99. The van der Waals surface area contributed by atoms with Crippen LogP contribution in [0.2, 0.25) is 0 Å². The molecule has 0 atom stereocenters. The zero-order valence-electron chi connectivity index (χ0n) is 12.1. The van der Waals surface area contributed by atoms with Gasteiger partial charge in [-0.15, -0.1) is 0 Å². The van der Waals surface area contributed by atoms with Crippen molar-refractivity contribution in [1.82, 2.24) is 10.3 Å². The first-order valence-corrected chi connectivity index (χ1v) is 7.40. The lowest BCUT2D eigenvalue weighted by Crippen LogP contribution is -2.22. The predicted molar refractivity (Wildman–Crippen MR) is 83.9 cm³/mol. The van der Waals surface area contributed by atoms with Crippen LogP contribution in [0, 0.1) is 12.7 Å². The van der Waals surface area contributed by atoms with Crippen molar-refractivity contribution in [3.8, 4) is 0 Å². The van der Waals surface area contributed by atoms with E-state index < -0.39 is 6.03 Å². The van der Waals surface area contributed by atoms with Crippen molar-refractivity contribution in [2.45, 2.75) is 13.8 Å². The van der Waals surface area contributed by atoms with Gasteiger partial charge in [0.2, 0.25) is 0 Å². The Morgan fingerprint density at radius 1 is 1.23 bits per heavy atom. The second-order valence-corrected chi connectivity index (χ2v) is 5.38. The molecule has 0 fully saturated rings. The lowest BCUT2D eigenvalue weighted by molar-refractivity contribution is 0.0959. The molecule has 3 amide bonds. The van der Waals surface area contributed by atoms with Crippen LogP contribution in [0.4, 0.5) is 20.0 Å². The third kappa shape index (κ3) is 4.01. The zero-order valence-corrected chi connectivity index (χ0v) is 12.9. The minimum Gasteiger partial charge on any atom is -0.352 e.